The van der Waals surface area contributed by atoms with Gasteiger partial charge in [-0.3, -0.25) is 24.0 Å². The fourth-order valence-corrected chi connectivity index (χ4v) is 7.02. The number of hydrogen-bond acceptors (Lipinski definition) is 9. The zero-order valence-electron chi connectivity index (χ0n) is 26.2. The second kappa shape index (κ2) is 15.7. The van der Waals surface area contributed by atoms with Gasteiger partial charge < -0.3 is 25.4 Å². The normalized spacial score (nSPS) is 18.0. The van der Waals surface area contributed by atoms with E-state index >= 15 is 0 Å². The molecule has 0 radical (unpaired) electrons. The van der Waals surface area contributed by atoms with Crippen molar-refractivity contribution in [3.8, 4) is 0 Å². The van der Waals surface area contributed by atoms with Crippen molar-refractivity contribution in [3.05, 3.63) is 103 Å². The number of rotatable bonds is 6. The molecule has 0 spiro atoms. The van der Waals surface area contributed by atoms with Crippen LogP contribution in [0, 0.1) is 5.92 Å². The molecule has 0 saturated heterocycles. The van der Waals surface area contributed by atoms with Crippen molar-refractivity contribution in [1.82, 2.24) is 35.4 Å². The van der Waals surface area contributed by atoms with Gasteiger partial charge in [0.05, 0.1) is 18.6 Å². The van der Waals surface area contributed by atoms with Crippen LogP contribution in [0.3, 0.4) is 0 Å². The first-order chi connectivity index (χ1) is 22.7. The van der Waals surface area contributed by atoms with Crippen molar-refractivity contribution in [2.24, 2.45) is 5.92 Å². The molecule has 3 aromatic heterocycles. The first kappa shape index (κ1) is 33.7. The Morgan fingerprint density at radius 1 is 0.915 bits per heavy atom. The van der Waals surface area contributed by atoms with E-state index < -0.39 is 18.0 Å². The predicted molar refractivity (Wildman–Crippen MR) is 179 cm³/mol. The Labute approximate surface area is 280 Å². The van der Waals surface area contributed by atoms with Gasteiger partial charge in [0.25, 0.3) is 17.4 Å². The summed E-state index contributed by atoms with van der Waals surface area (Å²) in [6, 6.07) is 13.4. The van der Waals surface area contributed by atoms with E-state index in [-0.39, 0.29) is 73.2 Å². The molecule has 2 atom stereocenters. The summed E-state index contributed by atoms with van der Waals surface area (Å²) in [5, 5.41) is 13.4. The van der Waals surface area contributed by atoms with Crippen molar-refractivity contribution in [2.45, 2.75) is 51.7 Å². The number of nitrogens with zero attached hydrogens (tertiary/aromatic N) is 4. The van der Waals surface area contributed by atoms with Gasteiger partial charge in [-0.2, -0.15) is 0 Å². The van der Waals surface area contributed by atoms with Crippen molar-refractivity contribution >= 4 is 46.3 Å². The number of nitrogens with one attached hydrogen (secondary N) is 3. The predicted octanol–water partition coefficient (Wildman–Crippen LogP) is 3.34. The van der Waals surface area contributed by atoms with Crippen LogP contribution in [-0.4, -0.2) is 62.7 Å². The lowest BCUT2D eigenvalue weighted by atomic mass is 10.0. The highest BCUT2D eigenvalue weighted by molar-refractivity contribution is 7.10. The van der Waals surface area contributed by atoms with Gasteiger partial charge in [0, 0.05) is 49.1 Å². The topological polar surface area (TPSA) is 155 Å². The largest absolute Gasteiger partial charge is 0.351 e. The molecule has 0 aliphatic carbocycles. The van der Waals surface area contributed by atoms with Crippen LogP contribution < -0.4 is 21.5 Å². The highest BCUT2D eigenvalue weighted by Gasteiger charge is 2.27. The summed E-state index contributed by atoms with van der Waals surface area (Å²) in [6.07, 6.45) is 2.44. The SMILES string of the molecule is CC(C)[C@@H]1NC(=O)c2csc(n2)[C@H](Cc2ccccc2)NC(=O)CN(C(=O)CCn2ccccc2=O)CCCNC(=O)c2csc1n2. The maximum atomic E-state index is 13.5. The summed E-state index contributed by atoms with van der Waals surface area (Å²) in [5.74, 6) is -1.46. The lowest BCUT2D eigenvalue weighted by molar-refractivity contribution is -0.136. The lowest BCUT2D eigenvalue weighted by Gasteiger charge is -2.24. The molecule has 4 aromatic rings. The zero-order chi connectivity index (χ0) is 33.3. The smallest absolute Gasteiger partial charge is 0.271 e. The summed E-state index contributed by atoms with van der Waals surface area (Å²) < 4.78 is 1.45. The van der Waals surface area contributed by atoms with E-state index in [4.69, 9.17) is 0 Å². The van der Waals surface area contributed by atoms with Crippen LogP contribution in [0.15, 0.2) is 70.3 Å². The molecule has 0 unspecified atom stereocenters. The number of carbonyl (C=O) groups excluding carboxylic acids is 4. The Morgan fingerprint density at radius 3 is 2.36 bits per heavy atom. The number of aryl methyl sites for hydroxylation is 1. The maximum Gasteiger partial charge on any atom is 0.271 e. The molecule has 0 saturated carbocycles. The third-order valence-electron chi connectivity index (χ3n) is 7.69. The Morgan fingerprint density at radius 2 is 1.62 bits per heavy atom. The van der Waals surface area contributed by atoms with Crippen LogP contribution in [0.1, 0.15) is 75.3 Å². The third kappa shape index (κ3) is 8.98. The van der Waals surface area contributed by atoms with Crippen LogP contribution in [0.4, 0.5) is 0 Å². The van der Waals surface area contributed by atoms with Crippen LogP contribution >= 0.6 is 22.7 Å². The molecule has 14 heteroatoms. The van der Waals surface area contributed by atoms with Crippen molar-refractivity contribution in [2.75, 3.05) is 19.6 Å². The third-order valence-corrected chi connectivity index (χ3v) is 9.57. The van der Waals surface area contributed by atoms with Crippen molar-refractivity contribution in [1.29, 1.82) is 0 Å². The molecule has 1 aliphatic heterocycles. The molecule has 0 fully saturated rings. The van der Waals surface area contributed by atoms with Gasteiger partial charge in [-0.1, -0.05) is 50.2 Å². The lowest BCUT2D eigenvalue weighted by Crippen LogP contribution is -2.43. The van der Waals surface area contributed by atoms with E-state index in [2.05, 4.69) is 25.9 Å². The highest BCUT2D eigenvalue weighted by Crippen LogP contribution is 2.27. The highest BCUT2D eigenvalue weighted by atomic mass is 32.1. The average Bonchev–Trinajstić information content (AvgIpc) is 3.75. The Bertz CT molecular complexity index is 1770. The van der Waals surface area contributed by atoms with E-state index in [0.717, 1.165) is 5.56 Å². The van der Waals surface area contributed by atoms with E-state index in [9.17, 15) is 24.0 Å². The molecular formula is C33H37N7O5S2. The molecular weight excluding hydrogens is 639 g/mol. The van der Waals surface area contributed by atoms with Gasteiger partial charge in [0.1, 0.15) is 21.4 Å². The fraction of sp³-hybridized carbons (Fsp3) is 0.364. The Balaban J connectivity index is 1.42. The van der Waals surface area contributed by atoms with Gasteiger partial charge >= 0.3 is 0 Å². The van der Waals surface area contributed by atoms with Crippen LogP contribution in [0.5, 0.6) is 0 Å². The summed E-state index contributed by atoms with van der Waals surface area (Å²) in [6.45, 7) is 4.31. The van der Waals surface area contributed by atoms with E-state index in [1.165, 1.54) is 38.2 Å². The first-order valence-electron chi connectivity index (χ1n) is 15.4. The van der Waals surface area contributed by atoms with E-state index in [1.54, 1.807) is 29.1 Å². The summed E-state index contributed by atoms with van der Waals surface area (Å²) in [4.78, 5) is 76.0. The number of hydrogen-bond donors (Lipinski definition) is 3. The van der Waals surface area contributed by atoms with Gasteiger partial charge in [0.15, 0.2) is 0 Å². The number of thiazole rings is 2. The van der Waals surface area contributed by atoms with Crippen LogP contribution in [0.25, 0.3) is 0 Å². The number of pyridine rings is 1. The second-order valence-electron chi connectivity index (χ2n) is 11.6. The Hall–Kier alpha value is -4.69. The summed E-state index contributed by atoms with van der Waals surface area (Å²) in [7, 11) is 0. The van der Waals surface area contributed by atoms with Crippen LogP contribution in [0.2, 0.25) is 0 Å². The number of carbonyl (C=O) groups is 4. The van der Waals surface area contributed by atoms with E-state index in [1.807, 2.05) is 44.2 Å². The Kier molecular flexibility index (Phi) is 11.3. The number of benzene rings is 1. The molecule has 5 rings (SSSR count). The minimum absolute atomic E-state index is 0.0117. The standard InChI is InChI=1S/C33H37N7O5S2/c1-21(2)29-33-37-24(19-47-33)30(44)34-13-8-15-40(28(43)12-16-39-14-7-6-11-27(39)42)18-26(41)35-23(17-22-9-4-3-5-10-22)32-36-25(20-46-32)31(45)38-29/h3-7,9-11,14,19-21,23,29H,8,12-13,15-18H2,1-2H3,(H,34,44)(H,35,41)(H,38,45)/t23-,29-/m0/s1. The average molecular weight is 676 g/mol. The maximum absolute atomic E-state index is 13.5. The number of fused-ring (bicyclic) bond motifs is 4. The molecule has 12 nitrogen and oxygen atoms in total. The van der Waals surface area contributed by atoms with Crippen molar-refractivity contribution in [3.63, 3.8) is 0 Å². The minimum atomic E-state index is -0.555. The van der Waals surface area contributed by atoms with E-state index in [0.29, 0.717) is 22.9 Å². The molecule has 4 bridgehead atoms. The minimum Gasteiger partial charge on any atom is -0.351 e. The molecule has 47 heavy (non-hydrogen) atoms. The van der Waals surface area contributed by atoms with Gasteiger partial charge in [0.2, 0.25) is 11.8 Å². The number of aromatic nitrogens is 3. The van der Waals surface area contributed by atoms with Gasteiger partial charge in [-0.25, -0.2) is 9.97 Å². The summed E-state index contributed by atoms with van der Waals surface area (Å²) in [5.41, 5.74) is 1.20. The fourth-order valence-electron chi connectivity index (χ4n) is 5.15. The van der Waals surface area contributed by atoms with Crippen molar-refractivity contribution < 1.29 is 19.2 Å². The number of amides is 4. The molecule has 1 aliphatic rings. The summed E-state index contributed by atoms with van der Waals surface area (Å²) >= 11 is 2.57. The zero-order valence-corrected chi connectivity index (χ0v) is 27.8. The molecule has 3 N–H and O–H groups in total. The van der Waals surface area contributed by atoms with Crippen LogP contribution in [-0.2, 0) is 22.6 Å². The molecule has 246 valence electrons. The van der Waals surface area contributed by atoms with Gasteiger partial charge in [-0.15, -0.1) is 22.7 Å². The van der Waals surface area contributed by atoms with Gasteiger partial charge in [-0.05, 0) is 30.4 Å². The monoisotopic (exact) mass is 675 g/mol. The molecule has 1 aromatic carbocycles. The quantitative estimate of drug-likeness (QED) is 0.283. The molecule has 4 amide bonds. The second-order valence-corrected chi connectivity index (χ2v) is 13.3. The first-order valence-corrected chi connectivity index (χ1v) is 17.2. The molecule has 4 heterocycles.